The summed E-state index contributed by atoms with van der Waals surface area (Å²) in [5.74, 6) is 0.940. The van der Waals surface area contributed by atoms with Gasteiger partial charge in [-0.2, -0.15) is 10.5 Å². The standard InChI is InChI=1S/C15H15ClN2O2/c1-4-10(2)20-15-13(16)6-11(7-14(15)19-3)5-12(8-17)9-18/h5-7,10H,4H2,1-3H3/t10-/m1/s1. The summed E-state index contributed by atoms with van der Waals surface area (Å²) in [4.78, 5) is 0. The summed E-state index contributed by atoms with van der Waals surface area (Å²) in [5.41, 5.74) is 0.611. The van der Waals surface area contributed by atoms with Gasteiger partial charge in [-0.1, -0.05) is 18.5 Å². The topological polar surface area (TPSA) is 66.0 Å². The minimum Gasteiger partial charge on any atom is -0.493 e. The number of methoxy groups -OCH3 is 1. The second-order valence-electron chi connectivity index (χ2n) is 4.15. The van der Waals surface area contributed by atoms with Crippen LogP contribution in [-0.4, -0.2) is 13.2 Å². The van der Waals surface area contributed by atoms with Crippen molar-refractivity contribution in [3.63, 3.8) is 0 Å². The van der Waals surface area contributed by atoms with Gasteiger partial charge in [0.15, 0.2) is 11.5 Å². The Balaban J connectivity index is 3.24. The average Bonchev–Trinajstić information content (AvgIpc) is 2.46. The molecule has 0 spiro atoms. The van der Waals surface area contributed by atoms with Gasteiger partial charge < -0.3 is 9.47 Å². The highest BCUT2D eigenvalue weighted by Gasteiger charge is 2.14. The Morgan fingerprint density at radius 1 is 1.40 bits per heavy atom. The molecule has 5 heteroatoms. The maximum atomic E-state index is 8.76. The normalized spacial score (nSPS) is 10.9. The minimum absolute atomic E-state index is 0.00119. The summed E-state index contributed by atoms with van der Waals surface area (Å²) >= 11 is 6.18. The van der Waals surface area contributed by atoms with Gasteiger partial charge in [0.2, 0.25) is 0 Å². The Kier molecular flexibility index (Phi) is 5.90. The van der Waals surface area contributed by atoms with Crippen LogP contribution in [0.5, 0.6) is 11.5 Å². The molecule has 104 valence electrons. The molecular weight excluding hydrogens is 276 g/mol. The highest BCUT2D eigenvalue weighted by atomic mass is 35.5. The molecule has 0 bridgehead atoms. The van der Waals surface area contributed by atoms with Crippen molar-refractivity contribution in [2.45, 2.75) is 26.4 Å². The van der Waals surface area contributed by atoms with Crippen LogP contribution in [0.25, 0.3) is 6.08 Å². The van der Waals surface area contributed by atoms with Crippen LogP contribution in [0.2, 0.25) is 5.02 Å². The van der Waals surface area contributed by atoms with E-state index in [0.29, 0.717) is 22.1 Å². The third kappa shape index (κ3) is 3.91. The van der Waals surface area contributed by atoms with Crippen molar-refractivity contribution in [2.75, 3.05) is 7.11 Å². The van der Waals surface area contributed by atoms with E-state index in [2.05, 4.69) is 0 Å². The van der Waals surface area contributed by atoms with E-state index in [-0.39, 0.29) is 11.7 Å². The van der Waals surface area contributed by atoms with Gasteiger partial charge in [-0.25, -0.2) is 0 Å². The lowest BCUT2D eigenvalue weighted by atomic mass is 10.1. The first-order chi connectivity index (χ1) is 9.55. The summed E-state index contributed by atoms with van der Waals surface area (Å²) < 4.78 is 11.0. The molecule has 0 unspecified atom stereocenters. The van der Waals surface area contributed by atoms with Gasteiger partial charge in [-0.15, -0.1) is 0 Å². The first kappa shape index (κ1) is 15.9. The predicted octanol–water partition coefficient (Wildman–Crippen LogP) is 3.96. The molecule has 0 amide bonds. The number of nitrogens with zero attached hydrogens (tertiary/aromatic N) is 2. The van der Waals surface area contributed by atoms with E-state index >= 15 is 0 Å². The van der Waals surface area contributed by atoms with Crippen LogP contribution in [0.3, 0.4) is 0 Å². The molecule has 1 rings (SSSR count). The number of rotatable bonds is 5. The molecule has 1 aromatic carbocycles. The van der Waals surface area contributed by atoms with Crippen LogP contribution >= 0.6 is 11.6 Å². The highest BCUT2D eigenvalue weighted by Crippen LogP contribution is 2.37. The van der Waals surface area contributed by atoms with Gasteiger partial charge in [0.25, 0.3) is 0 Å². The summed E-state index contributed by atoms with van der Waals surface area (Å²) in [5, 5.41) is 17.9. The minimum atomic E-state index is -0.00119. The van der Waals surface area contributed by atoms with Crippen molar-refractivity contribution in [2.24, 2.45) is 0 Å². The zero-order valence-electron chi connectivity index (χ0n) is 11.6. The SMILES string of the molecule is CC[C@@H](C)Oc1c(Cl)cc(C=C(C#N)C#N)cc1OC. The number of benzene rings is 1. The number of allylic oxidation sites excluding steroid dienone is 1. The summed E-state index contributed by atoms with van der Waals surface area (Å²) in [6, 6.07) is 6.91. The van der Waals surface area contributed by atoms with Crippen molar-refractivity contribution in [3.8, 4) is 23.6 Å². The molecule has 0 aliphatic heterocycles. The van der Waals surface area contributed by atoms with Crippen molar-refractivity contribution in [1.29, 1.82) is 10.5 Å². The van der Waals surface area contributed by atoms with Gasteiger partial charge in [-0.05, 0) is 37.1 Å². The third-order valence-electron chi connectivity index (χ3n) is 2.70. The fourth-order valence-corrected chi connectivity index (χ4v) is 1.74. The van der Waals surface area contributed by atoms with E-state index in [1.165, 1.54) is 13.2 Å². The Morgan fingerprint density at radius 2 is 2.05 bits per heavy atom. The molecule has 20 heavy (non-hydrogen) atoms. The van der Waals surface area contributed by atoms with E-state index in [1.54, 1.807) is 24.3 Å². The second-order valence-corrected chi connectivity index (χ2v) is 4.56. The fourth-order valence-electron chi connectivity index (χ4n) is 1.48. The molecular formula is C15H15ClN2O2. The number of hydrogen-bond donors (Lipinski definition) is 0. The molecule has 0 radical (unpaired) electrons. The Labute approximate surface area is 123 Å². The highest BCUT2D eigenvalue weighted by molar-refractivity contribution is 6.32. The van der Waals surface area contributed by atoms with E-state index in [4.69, 9.17) is 31.6 Å². The molecule has 0 heterocycles. The van der Waals surface area contributed by atoms with Crippen molar-refractivity contribution >= 4 is 17.7 Å². The largest absolute Gasteiger partial charge is 0.493 e. The molecule has 0 N–H and O–H groups in total. The molecule has 0 saturated carbocycles. The van der Waals surface area contributed by atoms with E-state index in [1.807, 2.05) is 13.8 Å². The van der Waals surface area contributed by atoms with Crippen LogP contribution in [0.15, 0.2) is 17.7 Å². The molecule has 0 aliphatic carbocycles. The molecule has 0 aromatic heterocycles. The molecule has 4 nitrogen and oxygen atoms in total. The number of halogens is 1. The smallest absolute Gasteiger partial charge is 0.180 e. The maximum absolute atomic E-state index is 8.76. The van der Waals surface area contributed by atoms with E-state index < -0.39 is 0 Å². The van der Waals surface area contributed by atoms with Gasteiger partial charge in [0, 0.05) is 0 Å². The van der Waals surface area contributed by atoms with E-state index in [9.17, 15) is 0 Å². The summed E-state index contributed by atoms with van der Waals surface area (Å²) in [7, 11) is 1.51. The summed E-state index contributed by atoms with van der Waals surface area (Å²) in [6.07, 6.45) is 2.30. The third-order valence-corrected chi connectivity index (χ3v) is 2.98. The molecule has 1 aromatic rings. The Morgan fingerprint density at radius 3 is 2.55 bits per heavy atom. The predicted molar refractivity (Wildman–Crippen MR) is 77.6 cm³/mol. The average molecular weight is 291 g/mol. The van der Waals surface area contributed by atoms with Gasteiger partial charge in [0.1, 0.15) is 17.7 Å². The van der Waals surface area contributed by atoms with Crippen LogP contribution < -0.4 is 9.47 Å². The molecule has 0 saturated heterocycles. The first-order valence-electron chi connectivity index (χ1n) is 6.11. The van der Waals surface area contributed by atoms with Gasteiger partial charge in [-0.3, -0.25) is 0 Å². The Bertz CT molecular complexity index is 581. The van der Waals surface area contributed by atoms with Crippen molar-refractivity contribution in [3.05, 3.63) is 28.3 Å². The lowest BCUT2D eigenvalue weighted by Crippen LogP contribution is -2.11. The monoisotopic (exact) mass is 290 g/mol. The lowest BCUT2D eigenvalue weighted by Gasteiger charge is -2.17. The lowest BCUT2D eigenvalue weighted by molar-refractivity contribution is 0.208. The quantitative estimate of drug-likeness (QED) is 0.770. The number of nitriles is 2. The number of ether oxygens (including phenoxy) is 2. The molecule has 0 aliphatic rings. The maximum Gasteiger partial charge on any atom is 0.180 e. The Hall–Kier alpha value is -2.17. The first-order valence-corrected chi connectivity index (χ1v) is 6.49. The van der Waals surface area contributed by atoms with Gasteiger partial charge >= 0.3 is 0 Å². The second kappa shape index (κ2) is 7.43. The van der Waals surface area contributed by atoms with Crippen LogP contribution in [-0.2, 0) is 0 Å². The van der Waals surface area contributed by atoms with Crippen molar-refractivity contribution < 1.29 is 9.47 Å². The number of hydrogen-bond acceptors (Lipinski definition) is 4. The van der Waals surface area contributed by atoms with Crippen LogP contribution in [0.4, 0.5) is 0 Å². The van der Waals surface area contributed by atoms with E-state index in [0.717, 1.165) is 6.42 Å². The van der Waals surface area contributed by atoms with Crippen LogP contribution in [0.1, 0.15) is 25.8 Å². The van der Waals surface area contributed by atoms with Gasteiger partial charge in [0.05, 0.1) is 18.2 Å². The zero-order chi connectivity index (χ0) is 15.1. The molecule has 1 atom stereocenters. The fraction of sp³-hybridized carbons (Fsp3) is 0.333. The molecule has 0 fully saturated rings. The zero-order valence-corrected chi connectivity index (χ0v) is 12.4. The summed E-state index contributed by atoms with van der Waals surface area (Å²) in [6.45, 7) is 3.95. The van der Waals surface area contributed by atoms with Crippen molar-refractivity contribution in [1.82, 2.24) is 0 Å². The van der Waals surface area contributed by atoms with Crippen LogP contribution in [0, 0.1) is 22.7 Å².